The van der Waals surface area contributed by atoms with E-state index in [4.69, 9.17) is 4.74 Å². The SMILES string of the molecule is CCc1ccc(C2C=CC=CN2c2ncc(C)nc2OC)cc1. The number of aromatic nitrogens is 2. The summed E-state index contributed by atoms with van der Waals surface area (Å²) in [6.45, 7) is 4.07. The summed E-state index contributed by atoms with van der Waals surface area (Å²) in [5.41, 5.74) is 3.39. The van der Waals surface area contributed by atoms with Crippen LogP contribution in [0, 0.1) is 6.92 Å². The summed E-state index contributed by atoms with van der Waals surface area (Å²) in [5, 5.41) is 0. The number of anilines is 1. The zero-order valence-corrected chi connectivity index (χ0v) is 13.7. The number of ether oxygens (including phenoxy) is 1. The maximum Gasteiger partial charge on any atom is 0.257 e. The summed E-state index contributed by atoms with van der Waals surface area (Å²) in [6.07, 6.45) is 11.0. The van der Waals surface area contributed by atoms with Gasteiger partial charge in [-0.25, -0.2) is 9.97 Å². The van der Waals surface area contributed by atoms with Crippen molar-refractivity contribution < 1.29 is 4.74 Å². The Hall–Kier alpha value is -2.62. The number of hydrogen-bond donors (Lipinski definition) is 0. The molecule has 1 unspecified atom stereocenters. The molecule has 0 saturated heterocycles. The molecule has 118 valence electrons. The van der Waals surface area contributed by atoms with Crippen molar-refractivity contribution in [3.05, 3.63) is 71.7 Å². The third-order valence-corrected chi connectivity index (χ3v) is 3.96. The molecule has 2 aromatic rings. The van der Waals surface area contributed by atoms with Crippen molar-refractivity contribution in [3.63, 3.8) is 0 Å². The van der Waals surface area contributed by atoms with Gasteiger partial charge in [0.15, 0.2) is 5.82 Å². The smallest absolute Gasteiger partial charge is 0.257 e. The van der Waals surface area contributed by atoms with Crippen LogP contribution in [0.5, 0.6) is 5.88 Å². The molecule has 23 heavy (non-hydrogen) atoms. The van der Waals surface area contributed by atoms with Gasteiger partial charge in [0.05, 0.1) is 25.0 Å². The fourth-order valence-corrected chi connectivity index (χ4v) is 2.68. The standard InChI is InChI=1S/C19H21N3O/c1-4-15-8-10-16(11-9-15)17-7-5-6-12-22(17)18-19(23-3)21-14(2)13-20-18/h5-13,17H,4H2,1-3H3. The van der Waals surface area contributed by atoms with E-state index in [9.17, 15) is 0 Å². The molecule has 0 saturated carbocycles. The first-order chi connectivity index (χ1) is 11.2. The topological polar surface area (TPSA) is 38.2 Å². The molecule has 2 heterocycles. The molecule has 1 aromatic heterocycles. The van der Waals surface area contributed by atoms with E-state index in [0.717, 1.165) is 17.9 Å². The minimum atomic E-state index is 0.0804. The van der Waals surface area contributed by atoms with Crippen LogP contribution in [-0.4, -0.2) is 17.1 Å². The quantitative estimate of drug-likeness (QED) is 0.856. The first-order valence-corrected chi connectivity index (χ1v) is 7.82. The summed E-state index contributed by atoms with van der Waals surface area (Å²) in [5.74, 6) is 1.27. The second kappa shape index (κ2) is 6.65. The number of rotatable bonds is 4. The highest BCUT2D eigenvalue weighted by molar-refractivity contribution is 5.56. The first-order valence-electron chi connectivity index (χ1n) is 7.82. The fourth-order valence-electron chi connectivity index (χ4n) is 2.68. The maximum atomic E-state index is 5.43. The van der Waals surface area contributed by atoms with Gasteiger partial charge in [0, 0.05) is 6.20 Å². The van der Waals surface area contributed by atoms with Crippen LogP contribution in [0.15, 0.2) is 54.9 Å². The van der Waals surface area contributed by atoms with Crippen LogP contribution in [0.1, 0.15) is 29.8 Å². The van der Waals surface area contributed by atoms with Crippen molar-refractivity contribution in [2.24, 2.45) is 0 Å². The molecule has 1 atom stereocenters. The van der Waals surface area contributed by atoms with E-state index in [1.165, 1.54) is 11.1 Å². The van der Waals surface area contributed by atoms with Crippen molar-refractivity contribution in [2.45, 2.75) is 26.3 Å². The molecule has 0 amide bonds. The third kappa shape index (κ3) is 3.11. The Kier molecular flexibility index (Phi) is 4.42. The lowest BCUT2D eigenvalue weighted by atomic mass is 10.0. The highest BCUT2D eigenvalue weighted by atomic mass is 16.5. The average Bonchev–Trinajstić information content (AvgIpc) is 2.62. The second-order valence-electron chi connectivity index (χ2n) is 5.52. The lowest BCUT2D eigenvalue weighted by Gasteiger charge is -2.30. The first kappa shape index (κ1) is 15.3. The minimum Gasteiger partial charge on any atom is -0.478 e. The van der Waals surface area contributed by atoms with Crippen LogP contribution < -0.4 is 9.64 Å². The van der Waals surface area contributed by atoms with Gasteiger partial charge in [-0.3, -0.25) is 0 Å². The molecular weight excluding hydrogens is 286 g/mol. The summed E-state index contributed by atoms with van der Waals surface area (Å²) in [7, 11) is 1.63. The molecule has 0 spiro atoms. The average molecular weight is 307 g/mol. The highest BCUT2D eigenvalue weighted by Gasteiger charge is 2.23. The molecular formula is C19H21N3O. The van der Waals surface area contributed by atoms with Gasteiger partial charge < -0.3 is 9.64 Å². The predicted molar refractivity (Wildman–Crippen MR) is 92.6 cm³/mol. The Morgan fingerprint density at radius 3 is 2.65 bits per heavy atom. The van der Waals surface area contributed by atoms with Gasteiger partial charge in [-0.1, -0.05) is 43.3 Å². The van der Waals surface area contributed by atoms with Crippen LogP contribution in [-0.2, 0) is 6.42 Å². The maximum absolute atomic E-state index is 5.43. The van der Waals surface area contributed by atoms with Gasteiger partial charge in [-0.05, 0) is 30.5 Å². The van der Waals surface area contributed by atoms with Gasteiger partial charge in [-0.15, -0.1) is 0 Å². The molecule has 1 aliphatic rings. The predicted octanol–water partition coefficient (Wildman–Crippen LogP) is 3.99. The number of benzene rings is 1. The van der Waals surface area contributed by atoms with Crippen LogP contribution in [0.4, 0.5) is 5.82 Å². The van der Waals surface area contributed by atoms with Gasteiger partial charge in [-0.2, -0.15) is 0 Å². The number of nitrogens with zero attached hydrogens (tertiary/aromatic N) is 3. The van der Waals surface area contributed by atoms with E-state index in [1.54, 1.807) is 13.3 Å². The molecule has 0 bridgehead atoms. The van der Waals surface area contributed by atoms with E-state index >= 15 is 0 Å². The Labute approximate surface area is 137 Å². The van der Waals surface area contributed by atoms with Crippen LogP contribution in [0.3, 0.4) is 0 Å². The van der Waals surface area contributed by atoms with Crippen molar-refractivity contribution in [1.82, 2.24) is 9.97 Å². The van der Waals surface area contributed by atoms with Crippen LogP contribution in [0.2, 0.25) is 0 Å². The summed E-state index contributed by atoms with van der Waals surface area (Å²) in [6, 6.07) is 8.79. The van der Waals surface area contributed by atoms with Crippen molar-refractivity contribution >= 4 is 5.82 Å². The van der Waals surface area contributed by atoms with E-state index in [-0.39, 0.29) is 6.04 Å². The zero-order valence-electron chi connectivity index (χ0n) is 13.7. The fraction of sp³-hybridized carbons (Fsp3) is 0.263. The summed E-state index contributed by atoms with van der Waals surface area (Å²) < 4.78 is 5.43. The largest absolute Gasteiger partial charge is 0.478 e. The molecule has 0 aliphatic carbocycles. The highest BCUT2D eigenvalue weighted by Crippen LogP contribution is 2.34. The monoisotopic (exact) mass is 307 g/mol. The Morgan fingerprint density at radius 1 is 1.17 bits per heavy atom. The molecule has 3 rings (SSSR count). The molecule has 1 aliphatic heterocycles. The summed E-state index contributed by atoms with van der Waals surface area (Å²) in [4.78, 5) is 11.1. The van der Waals surface area contributed by atoms with Crippen molar-refractivity contribution in [1.29, 1.82) is 0 Å². The number of methoxy groups -OCH3 is 1. The van der Waals surface area contributed by atoms with Gasteiger partial charge in [0.1, 0.15) is 0 Å². The second-order valence-corrected chi connectivity index (χ2v) is 5.52. The van der Waals surface area contributed by atoms with Gasteiger partial charge in [0.25, 0.3) is 5.88 Å². The van der Waals surface area contributed by atoms with Crippen molar-refractivity contribution in [3.8, 4) is 5.88 Å². The summed E-state index contributed by atoms with van der Waals surface area (Å²) >= 11 is 0. The Morgan fingerprint density at radius 2 is 1.96 bits per heavy atom. The molecule has 0 radical (unpaired) electrons. The lowest BCUT2D eigenvalue weighted by molar-refractivity contribution is 0.394. The van der Waals surface area contributed by atoms with Gasteiger partial charge in [0.2, 0.25) is 0 Å². The van der Waals surface area contributed by atoms with E-state index < -0.39 is 0 Å². The van der Waals surface area contributed by atoms with Gasteiger partial charge >= 0.3 is 0 Å². The molecule has 4 nitrogen and oxygen atoms in total. The number of aryl methyl sites for hydroxylation is 2. The number of allylic oxidation sites excluding steroid dienone is 2. The lowest BCUT2D eigenvalue weighted by Crippen LogP contribution is -2.25. The van der Waals surface area contributed by atoms with Crippen LogP contribution >= 0.6 is 0 Å². The Balaban J connectivity index is 1.99. The molecule has 0 fully saturated rings. The number of hydrogen-bond acceptors (Lipinski definition) is 4. The minimum absolute atomic E-state index is 0.0804. The normalized spacial score (nSPS) is 16.7. The van der Waals surface area contributed by atoms with Crippen LogP contribution in [0.25, 0.3) is 0 Å². The molecule has 0 N–H and O–H groups in total. The third-order valence-electron chi connectivity index (χ3n) is 3.96. The van der Waals surface area contributed by atoms with E-state index in [0.29, 0.717) is 5.88 Å². The molecule has 1 aromatic carbocycles. The van der Waals surface area contributed by atoms with E-state index in [2.05, 4.69) is 58.2 Å². The Bertz CT molecular complexity index is 735. The van der Waals surface area contributed by atoms with E-state index in [1.807, 2.05) is 19.2 Å². The van der Waals surface area contributed by atoms with Crippen molar-refractivity contribution in [2.75, 3.05) is 12.0 Å². The zero-order chi connectivity index (χ0) is 16.2. The molecule has 4 heteroatoms.